The maximum Gasteiger partial charge on any atom is 0.141 e. The van der Waals surface area contributed by atoms with E-state index in [1.807, 2.05) is 0 Å². The standard InChI is InChI=1S/C38H42N6/c1-3-42-17-19-43(20-18-42)23-27-7-9-29(10-8-27)35-22-34-37(39-25-40-38(34)41-35)33-5-4-6-36(26(33)2)44-16-15-31-21-30(28-11-12-28)13-14-32(31)24-44/h4-10,13-14,21-22,25,28H,3,11-12,15-20,23-24H2,1-2H3,(H,39,40,41). The maximum absolute atomic E-state index is 4.83. The van der Waals surface area contributed by atoms with Crippen molar-refractivity contribution in [3.63, 3.8) is 0 Å². The van der Waals surface area contributed by atoms with Crippen LogP contribution in [0, 0.1) is 6.92 Å². The lowest BCUT2D eigenvalue weighted by molar-refractivity contribution is 0.132. The van der Waals surface area contributed by atoms with Crippen LogP contribution in [0.2, 0.25) is 0 Å². The van der Waals surface area contributed by atoms with Crippen LogP contribution < -0.4 is 4.90 Å². The van der Waals surface area contributed by atoms with Gasteiger partial charge in [-0.25, -0.2) is 9.97 Å². The molecule has 1 aliphatic carbocycles. The molecule has 1 N–H and O–H groups in total. The van der Waals surface area contributed by atoms with Gasteiger partial charge in [-0.05, 0) is 84.2 Å². The quantitative estimate of drug-likeness (QED) is 0.220. The summed E-state index contributed by atoms with van der Waals surface area (Å²) in [6.45, 7) is 13.3. The lowest BCUT2D eigenvalue weighted by atomic mass is 9.94. The molecule has 224 valence electrons. The van der Waals surface area contributed by atoms with E-state index in [1.165, 1.54) is 59.4 Å². The van der Waals surface area contributed by atoms with E-state index in [2.05, 4.69) is 105 Å². The minimum Gasteiger partial charge on any atom is -0.367 e. The highest BCUT2D eigenvalue weighted by Gasteiger charge is 2.26. The zero-order valence-corrected chi connectivity index (χ0v) is 26.0. The topological polar surface area (TPSA) is 51.3 Å². The Morgan fingerprint density at radius 2 is 1.66 bits per heavy atom. The number of piperazine rings is 1. The highest BCUT2D eigenvalue weighted by molar-refractivity contribution is 5.95. The van der Waals surface area contributed by atoms with Crippen molar-refractivity contribution in [2.24, 2.45) is 0 Å². The van der Waals surface area contributed by atoms with Crippen LogP contribution in [-0.4, -0.2) is 64.0 Å². The van der Waals surface area contributed by atoms with Gasteiger partial charge >= 0.3 is 0 Å². The summed E-state index contributed by atoms with van der Waals surface area (Å²) in [4.78, 5) is 20.7. The first-order valence-electron chi connectivity index (χ1n) is 16.5. The fourth-order valence-corrected chi connectivity index (χ4v) is 7.29. The largest absolute Gasteiger partial charge is 0.367 e. The monoisotopic (exact) mass is 582 g/mol. The summed E-state index contributed by atoms with van der Waals surface area (Å²) < 4.78 is 0. The second kappa shape index (κ2) is 11.5. The SMILES string of the molecule is CCN1CCN(Cc2ccc(-c3cc4c(-c5cccc(N6CCc7cc(C8CC8)ccc7C6)c5C)ncnc4[nH]3)cc2)CC1. The van der Waals surface area contributed by atoms with Crippen LogP contribution in [0.15, 0.2) is 73.1 Å². The number of hydrogen-bond acceptors (Lipinski definition) is 5. The van der Waals surface area contributed by atoms with Crippen molar-refractivity contribution in [3.05, 3.63) is 101 Å². The first-order chi connectivity index (χ1) is 21.6. The van der Waals surface area contributed by atoms with Crippen molar-refractivity contribution in [2.75, 3.05) is 44.2 Å². The Morgan fingerprint density at radius 1 is 0.841 bits per heavy atom. The van der Waals surface area contributed by atoms with Gasteiger partial charge in [0.05, 0.1) is 5.69 Å². The number of anilines is 1. The van der Waals surface area contributed by atoms with Gasteiger partial charge in [-0.3, -0.25) is 4.90 Å². The lowest BCUT2D eigenvalue weighted by Crippen LogP contribution is -2.45. The number of aromatic amines is 1. The molecular formula is C38H42N6. The molecule has 1 saturated carbocycles. The third-order valence-corrected chi connectivity index (χ3v) is 10.2. The summed E-state index contributed by atoms with van der Waals surface area (Å²) in [7, 11) is 0. The Labute approximate surface area is 260 Å². The van der Waals surface area contributed by atoms with Gasteiger partial charge in [-0.15, -0.1) is 0 Å². The smallest absolute Gasteiger partial charge is 0.141 e. The summed E-state index contributed by atoms with van der Waals surface area (Å²) in [5.41, 5.74) is 13.8. The second-order valence-electron chi connectivity index (χ2n) is 13.0. The van der Waals surface area contributed by atoms with E-state index in [0.29, 0.717) is 0 Å². The van der Waals surface area contributed by atoms with Crippen molar-refractivity contribution in [1.82, 2.24) is 24.8 Å². The van der Waals surface area contributed by atoms with Crippen molar-refractivity contribution in [2.45, 2.75) is 52.1 Å². The third-order valence-electron chi connectivity index (χ3n) is 10.2. The molecule has 6 heteroatoms. The van der Waals surface area contributed by atoms with Gasteiger partial charge in [0.25, 0.3) is 0 Å². The van der Waals surface area contributed by atoms with Crippen LogP contribution in [0.1, 0.15) is 53.5 Å². The van der Waals surface area contributed by atoms with Crippen LogP contribution in [0.4, 0.5) is 5.69 Å². The van der Waals surface area contributed by atoms with Crippen LogP contribution in [0.25, 0.3) is 33.5 Å². The number of fused-ring (bicyclic) bond motifs is 2. The number of rotatable bonds is 7. The Morgan fingerprint density at radius 3 is 2.45 bits per heavy atom. The van der Waals surface area contributed by atoms with Crippen molar-refractivity contribution in [3.8, 4) is 22.5 Å². The first kappa shape index (κ1) is 27.5. The molecule has 1 saturated heterocycles. The molecule has 44 heavy (non-hydrogen) atoms. The van der Waals surface area contributed by atoms with Crippen molar-refractivity contribution in [1.29, 1.82) is 0 Å². The second-order valence-corrected chi connectivity index (χ2v) is 13.0. The van der Waals surface area contributed by atoms with Gasteiger partial charge in [-0.2, -0.15) is 0 Å². The summed E-state index contributed by atoms with van der Waals surface area (Å²) in [6.07, 6.45) is 5.52. The van der Waals surface area contributed by atoms with Gasteiger partial charge in [-0.1, -0.05) is 61.5 Å². The average molecular weight is 583 g/mol. The molecule has 0 unspecified atom stereocenters. The van der Waals surface area contributed by atoms with Crippen LogP contribution in [0.3, 0.4) is 0 Å². The number of aromatic nitrogens is 3. The summed E-state index contributed by atoms with van der Waals surface area (Å²) in [6, 6.07) is 25.2. The van der Waals surface area contributed by atoms with E-state index in [-0.39, 0.29) is 0 Å². The lowest BCUT2D eigenvalue weighted by Gasteiger charge is -2.34. The molecule has 2 aromatic heterocycles. The van der Waals surface area contributed by atoms with Gasteiger partial charge in [0.15, 0.2) is 0 Å². The fourth-order valence-electron chi connectivity index (χ4n) is 7.29. The zero-order chi connectivity index (χ0) is 29.6. The Hall–Kier alpha value is -4.00. The van der Waals surface area contributed by atoms with Gasteiger partial charge in [0.1, 0.15) is 12.0 Å². The molecule has 0 radical (unpaired) electrons. The maximum atomic E-state index is 4.83. The molecular weight excluding hydrogens is 540 g/mol. The molecule has 2 fully saturated rings. The summed E-state index contributed by atoms with van der Waals surface area (Å²) >= 11 is 0. The summed E-state index contributed by atoms with van der Waals surface area (Å²) in [5, 5.41) is 1.07. The minimum absolute atomic E-state index is 0.812. The van der Waals surface area contributed by atoms with E-state index < -0.39 is 0 Å². The molecule has 3 aliphatic rings. The van der Waals surface area contributed by atoms with Gasteiger partial charge in [0.2, 0.25) is 0 Å². The van der Waals surface area contributed by atoms with E-state index in [4.69, 9.17) is 4.98 Å². The predicted molar refractivity (Wildman–Crippen MR) is 180 cm³/mol. The van der Waals surface area contributed by atoms with Gasteiger partial charge < -0.3 is 14.8 Å². The summed E-state index contributed by atoms with van der Waals surface area (Å²) in [5.74, 6) is 0.812. The molecule has 0 spiro atoms. The van der Waals surface area contributed by atoms with E-state index in [0.717, 1.165) is 74.0 Å². The average Bonchev–Trinajstić information content (AvgIpc) is 3.83. The van der Waals surface area contributed by atoms with Crippen LogP contribution >= 0.6 is 0 Å². The molecule has 4 heterocycles. The van der Waals surface area contributed by atoms with Crippen molar-refractivity contribution < 1.29 is 0 Å². The fraction of sp³-hybridized carbons (Fsp3) is 0.368. The number of nitrogens with one attached hydrogen (secondary N) is 1. The van der Waals surface area contributed by atoms with Crippen LogP contribution in [-0.2, 0) is 19.5 Å². The Bertz CT molecular complexity index is 1790. The third kappa shape index (κ3) is 5.31. The first-order valence-corrected chi connectivity index (χ1v) is 16.5. The Balaban J connectivity index is 1.03. The molecule has 2 aliphatic heterocycles. The molecule has 5 aromatic rings. The predicted octanol–water partition coefficient (Wildman–Crippen LogP) is 7.18. The molecule has 8 rings (SSSR count). The highest BCUT2D eigenvalue weighted by atomic mass is 15.3. The number of likely N-dealkylation sites (N-methyl/N-ethyl adjacent to an activating group) is 1. The zero-order valence-electron chi connectivity index (χ0n) is 26.0. The molecule has 0 amide bonds. The van der Waals surface area contributed by atoms with Crippen LogP contribution in [0.5, 0.6) is 0 Å². The number of hydrogen-bond donors (Lipinski definition) is 1. The molecule has 0 bridgehead atoms. The Kier molecular flexibility index (Phi) is 7.19. The minimum atomic E-state index is 0.812. The van der Waals surface area contributed by atoms with E-state index in [1.54, 1.807) is 17.5 Å². The number of benzene rings is 3. The molecule has 3 aromatic carbocycles. The normalized spacial score (nSPS) is 17.7. The number of nitrogens with zero attached hydrogens (tertiary/aromatic N) is 5. The molecule has 6 nitrogen and oxygen atoms in total. The van der Waals surface area contributed by atoms with Gasteiger partial charge in [0, 0.05) is 68.1 Å². The molecule has 0 atom stereocenters. The van der Waals surface area contributed by atoms with E-state index >= 15 is 0 Å². The highest BCUT2D eigenvalue weighted by Crippen LogP contribution is 2.42. The van der Waals surface area contributed by atoms with E-state index in [9.17, 15) is 0 Å². The number of H-pyrrole nitrogens is 1. The van der Waals surface area contributed by atoms with Crippen molar-refractivity contribution >= 4 is 16.7 Å².